The molecule has 0 saturated heterocycles. The van der Waals surface area contributed by atoms with Gasteiger partial charge in [-0.3, -0.25) is 4.79 Å². The summed E-state index contributed by atoms with van der Waals surface area (Å²) in [7, 11) is -3.33. The van der Waals surface area contributed by atoms with Gasteiger partial charge in [-0.15, -0.1) is 6.42 Å². The summed E-state index contributed by atoms with van der Waals surface area (Å²) in [5.74, 6) is 2.99. The van der Waals surface area contributed by atoms with Gasteiger partial charge in [-0.1, -0.05) is 29.4 Å². The molecule has 0 aliphatic rings. The number of carbonyl (C=O) groups is 1. The van der Waals surface area contributed by atoms with E-state index in [0.717, 1.165) is 23.1 Å². The van der Waals surface area contributed by atoms with Crippen molar-refractivity contribution in [2.75, 3.05) is 12.9 Å². The molecule has 3 aromatic rings. The van der Waals surface area contributed by atoms with Crippen LogP contribution in [0.25, 0.3) is 10.2 Å². The Morgan fingerprint density at radius 3 is 2.59 bits per heavy atom. The molecule has 8 heteroatoms. The van der Waals surface area contributed by atoms with E-state index >= 15 is 0 Å². The van der Waals surface area contributed by atoms with Gasteiger partial charge in [0, 0.05) is 6.26 Å². The number of fused-ring (bicyclic) bond motifs is 1. The standard InChI is InChI=1S/C21H20N2O4S2/c1-4-12-23-18-11-10-17(29(3,25)26)14-19(18)28-21(23)22-20(24)13-15-6-8-16(9-7-15)27-5-2/h1,6-11,14H,5,12-13H2,2-3H3. The van der Waals surface area contributed by atoms with Gasteiger partial charge in [0.15, 0.2) is 14.6 Å². The number of thiazole rings is 1. The van der Waals surface area contributed by atoms with Crippen LogP contribution in [0.15, 0.2) is 52.4 Å². The molecule has 0 bridgehead atoms. The van der Waals surface area contributed by atoms with Gasteiger partial charge in [-0.2, -0.15) is 4.99 Å². The Morgan fingerprint density at radius 2 is 1.97 bits per heavy atom. The number of rotatable bonds is 6. The molecule has 1 heterocycles. The highest BCUT2D eigenvalue weighted by molar-refractivity contribution is 7.90. The van der Waals surface area contributed by atoms with Crippen molar-refractivity contribution in [3.8, 4) is 18.1 Å². The number of ether oxygens (including phenoxy) is 1. The summed E-state index contributed by atoms with van der Waals surface area (Å²) in [6.07, 6.45) is 6.77. The highest BCUT2D eigenvalue weighted by atomic mass is 32.2. The zero-order valence-corrected chi connectivity index (χ0v) is 17.7. The van der Waals surface area contributed by atoms with Gasteiger partial charge in [0.1, 0.15) is 5.75 Å². The molecular formula is C21H20N2O4S2. The number of nitrogens with zero attached hydrogens (tertiary/aromatic N) is 2. The summed E-state index contributed by atoms with van der Waals surface area (Å²) in [6.45, 7) is 2.72. The maximum absolute atomic E-state index is 12.5. The number of hydrogen-bond donors (Lipinski definition) is 0. The molecule has 150 valence electrons. The number of hydrogen-bond acceptors (Lipinski definition) is 5. The predicted molar refractivity (Wildman–Crippen MR) is 114 cm³/mol. The monoisotopic (exact) mass is 428 g/mol. The van der Waals surface area contributed by atoms with E-state index < -0.39 is 9.84 Å². The Morgan fingerprint density at radius 1 is 1.24 bits per heavy atom. The Bertz CT molecular complexity index is 1260. The summed E-state index contributed by atoms with van der Waals surface area (Å²) < 4.78 is 31.5. The molecular weight excluding hydrogens is 408 g/mol. The maximum Gasteiger partial charge on any atom is 0.252 e. The second-order valence-corrected chi connectivity index (χ2v) is 9.36. The topological polar surface area (TPSA) is 77.7 Å². The zero-order valence-electron chi connectivity index (χ0n) is 16.1. The van der Waals surface area contributed by atoms with Crippen molar-refractivity contribution in [3.63, 3.8) is 0 Å². The molecule has 2 aromatic carbocycles. The van der Waals surface area contributed by atoms with Gasteiger partial charge < -0.3 is 9.30 Å². The van der Waals surface area contributed by atoms with E-state index in [0.29, 0.717) is 16.1 Å². The van der Waals surface area contributed by atoms with Gasteiger partial charge >= 0.3 is 0 Å². The normalized spacial score (nSPS) is 12.1. The largest absolute Gasteiger partial charge is 0.494 e. The van der Waals surface area contributed by atoms with Crippen molar-refractivity contribution >= 4 is 37.3 Å². The summed E-state index contributed by atoms with van der Waals surface area (Å²) in [6, 6.07) is 12.1. The first kappa shape index (κ1) is 20.8. The molecule has 0 atom stereocenters. The molecule has 0 fully saturated rings. The lowest BCUT2D eigenvalue weighted by Crippen LogP contribution is -2.17. The van der Waals surface area contributed by atoms with E-state index in [2.05, 4.69) is 10.9 Å². The quantitative estimate of drug-likeness (QED) is 0.566. The SMILES string of the molecule is C#CCn1c(=NC(=O)Cc2ccc(OCC)cc2)sc2cc(S(C)(=O)=O)ccc21. The summed E-state index contributed by atoms with van der Waals surface area (Å²) in [5, 5.41) is 0. The van der Waals surface area contributed by atoms with E-state index in [9.17, 15) is 13.2 Å². The fourth-order valence-electron chi connectivity index (χ4n) is 2.80. The van der Waals surface area contributed by atoms with E-state index in [1.54, 1.807) is 16.7 Å². The minimum Gasteiger partial charge on any atom is -0.494 e. The number of terminal acetylenes is 1. The first-order valence-electron chi connectivity index (χ1n) is 8.88. The molecule has 1 aromatic heterocycles. The second kappa shape index (κ2) is 8.64. The average molecular weight is 429 g/mol. The van der Waals surface area contributed by atoms with Crippen LogP contribution in [0.1, 0.15) is 12.5 Å². The molecule has 0 N–H and O–H groups in total. The number of amides is 1. The highest BCUT2D eigenvalue weighted by Crippen LogP contribution is 2.22. The molecule has 0 radical (unpaired) electrons. The van der Waals surface area contributed by atoms with Crippen LogP contribution in [0.5, 0.6) is 5.75 Å². The van der Waals surface area contributed by atoms with Crippen LogP contribution < -0.4 is 9.54 Å². The fourth-order valence-corrected chi connectivity index (χ4v) is 4.61. The predicted octanol–water partition coefficient (Wildman–Crippen LogP) is 2.81. The van der Waals surface area contributed by atoms with Crippen LogP contribution in [-0.2, 0) is 27.6 Å². The van der Waals surface area contributed by atoms with Gasteiger partial charge in [-0.25, -0.2) is 8.42 Å². The number of sulfone groups is 1. The Balaban J connectivity index is 1.96. The van der Waals surface area contributed by atoms with Crippen LogP contribution in [0.3, 0.4) is 0 Å². The molecule has 3 rings (SSSR count). The van der Waals surface area contributed by atoms with Crippen LogP contribution >= 0.6 is 11.3 Å². The fraction of sp³-hybridized carbons (Fsp3) is 0.238. The number of carbonyl (C=O) groups excluding carboxylic acids is 1. The third-order valence-corrected chi connectivity index (χ3v) is 6.29. The van der Waals surface area contributed by atoms with Crippen molar-refractivity contribution in [1.29, 1.82) is 0 Å². The van der Waals surface area contributed by atoms with Crippen molar-refractivity contribution < 1.29 is 17.9 Å². The lowest BCUT2D eigenvalue weighted by molar-refractivity contribution is -0.117. The zero-order chi connectivity index (χ0) is 21.0. The van der Waals surface area contributed by atoms with Gasteiger partial charge in [-0.05, 0) is 42.8 Å². The Labute approximate surface area is 173 Å². The molecule has 0 unspecified atom stereocenters. The second-order valence-electron chi connectivity index (χ2n) is 6.34. The molecule has 0 saturated carbocycles. The van der Waals surface area contributed by atoms with E-state index in [1.807, 2.05) is 31.2 Å². The molecule has 0 aliphatic heterocycles. The van der Waals surface area contributed by atoms with Gasteiger partial charge in [0.05, 0.1) is 34.7 Å². The van der Waals surface area contributed by atoms with Crippen molar-refractivity contribution in [2.45, 2.75) is 24.8 Å². The minimum absolute atomic E-state index is 0.144. The summed E-state index contributed by atoms with van der Waals surface area (Å²) in [5.41, 5.74) is 1.57. The lowest BCUT2D eigenvalue weighted by Gasteiger charge is -2.03. The van der Waals surface area contributed by atoms with E-state index in [-0.39, 0.29) is 23.8 Å². The van der Waals surface area contributed by atoms with E-state index in [1.165, 1.54) is 17.4 Å². The maximum atomic E-state index is 12.5. The number of benzene rings is 2. The van der Waals surface area contributed by atoms with Crippen molar-refractivity contribution in [2.24, 2.45) is 4.99 Å². The first-order valence-corrected chi connectivity index (χ1v) is 11.6. The van der Waals surface area contributed by atoms with Crippen LogP contribution in [0.4, 0.5) is 0 Å². The van der Waals surface area contributed by atoms with Crippen molar-refractivity contribution in [3.05, 3.63) is 52.8 Å². The van der Waals surface area contributed by atoms with Gasteiger partial charge in [0.2, 0.25) is 0 Å². The van der Waals surface area contributed by atoms with Gasteiger partial charge in [0.25, 0.3) is 5.91 Å². The molecule has 1 amide bonds. The highest BCUT2D eigenvalue weighted by Gasteiger charge is 2.12. The van der Waals surface area contributed by atoms with Crippen LogP contribution in [0.2, 0.25) is 0 Å². The third kappa shape index (κ3) is 4.94. The molecule has 0 aliphatic carbocycles. The lowest BCUT2D eigenvalue weighted by atomic mass is 10.1. The molecule has 29 heavy (non-hydrogen) atoms. The average Bonchev–Trinajstić information content (AvgIpc) is 2.99. The van der Waals surface area contributed by atoms with Crippen LogP contribution in [0, 0.1) is 12.3 Å². The van der Waals surface area contributed by atoms with E-state index in [4.69, 9.17) is 11.2 Å². The van der Waals surface area contributed by atoms with Crippen LogP contribution in [-0.4, -0.2) is 31.8 Å². The third-order valence-electron chi connectivity index (χ3n) is 4.14. The minimum atomic E-state index is -3.33. The summed E-state index contributed by atoms with van der Waals surface area (Å²) in [4.78, 5) is 17.4. The first-order chi connectivity index (χ1) is 13.8. The smallest absolute Gasteiger partial charge is 0.252 e. The number of aromatic nitrogens is 1. The Hall–Kier alpha value is -2.89. The molecule has 6 nitrogen and oxygen atoms in total. The summed E-state index contributed by atoms with van der Waals surface area (Å²) >= 11 is 1.24. The Kier molecular flexibility index (Phi) is 6.20. The van der Waals surface area contributed by atoms with Crippen molar-refractivity contribution in [1.82, 2.24) is 4.57 Å². The molecule has 0 spiro atoms.